The number of H-pyrrole nitrogens is 1. The van der Waals surface area contributed by atoms with Crippen LogP contribution in [0, 0.1) is 6.92 Å². The fourth-order valence-electron chi connectivity index (χ4n) is 2.79. The van der Waals surface area contributed by atoms with Crippen LogP contribution in [0.1, 0.15) is 27.5 Å². The second kappa shape index (κ2) is 5.36. The lowest BCUT2D eigenvalue weighted by Crippen LogP contribution is -2.15. The predicted octanol–water partition coefficient (Wildman–Crippen LogP) is 2.62. The third kappa shape index (κ3) is 2.38. The third-order valence-electron chi connectivity index (χ3n) is 4.02. The highest BCUT2D eigenvalue weighted by Gasteiger charge is 2.23. The van der Waals surface area contributed by atoms with Crippen LogP contribution in [0.4, 0.5) is 5.69 Å². The van der Waals surface area contributed by atoms with Gasteiger partial charge in [-0.3, -0.25) is 9.89 Å². The zero-order valence-corrected chi connectivity index (χ0v) is 13.3. The molecule has 1 amide bonds. The van der Waals surface area contributed by atoms with Crippen molar-refractivity contribution in [1.29, 1.82) is 0 Å². The van der Waals surface area contributed by atoms with E-state index in [0.29, 0.717) is 16.9 Å². The quantitative estimate of drug-likeness (QED) is 0.673. The van der Waals surface area contributed by atoms with E-state index in [0.717, 1.165) is 27.2 Å². The number of hydrogen-bond acceptors (Lipinski definition) is 5. The monoisotopic (exact) mass is 325 g/mol. The molecule has 0 saturated heterocycles. The Morgan fingerprint density at radius 1 is 1.48 bits per heavy atom. The summed E-state index contributed by atoms with van der Waals surface area (Å²) in [5.74, 6) is 0.722. The number of nitrogens with two attached hydrogens (primary N) is 1. The fourth-order valence-corrected chi connectivity index (χ4v) is 3.91. The van der Waals surface area contributed by atoms with Crippen molar-refractivity contribution in [3.63, 3.8) is 0 Å². The topological polar surface area (TPSA) is 96.7 Å². The van der Waals surface area contributed by atoms with Gasteiger partial charge in [-0.1, -0.05) is 6.07 Å². The second-order valence-corrected chi connectivity index (χ2v) is 6.63. The summed E-state index contributed by atoms with van der Waals surface area (Å²) in [6.07, 6.45) is 3.29. The number of rotatable bonds is 2. The number of pyridine rings is 1. The van der Waals surface area contributed by atoms with Crippen LogP contribution < -0.4 is 11.1 Å². The van der Waals surface area contributed by atoms with Crippen molar-refractivity contribution in [2.75, 3.05) is 11.1 Å². The molecule has 1 atom stereocenters. The van der Waals surface area contributed by atoms with Gasteiger partial charge in [0.2, 0.25) is 0 Å². The maximum atomic E-state index is 12.7. The Labute approximate surface area is 136 Å². The molecule has 23 heavy (non-hydrogen) atoms. The number of aryl methyl sites for hydroxylation is 1. The van der Waals surface area contributed by atoms with Gasteiger partial charge in [0.25, 0.3) is 5.91 Å². The van der Waals surface area contributed by atoms with Gasteiger partial charge in [-0.2, -0.15) is 5.10 Å². The highest BCUT2D eigenvalue weighted by molar-refractivity contribution is 7.99. The highest BCUT2D eigenvalue weighted by Crippen LogP contribution is 2.38. The van der Waals surface area contributed by atoms with E-state index in [1.54, 1.807) is 30.2 Å². The van der Waals surface area contributed by atoms with Crippen molar-refractivity contribution in [1.82, 2.24) is 15.2 Å². The molecule has 2 aromatic heterocycles. The fraction of sp³-hybridized carbons (Fsp3) is 0.188. The molecule has 0 aliphatic carbocycles. The van der Waals surface area contributed by atoms with Gasteiger partial charge in [0.05, 0.1) is 17.3 Å². The number of anilines is 1. The van der Waals surface area contributed by atoms with Crippen molar-refractivity contribution < 1.29 is 4.79 Å². The number of amides is 1. The summed E-state index contributed by atoms with van der Waals surface area (Å²) in [7, 11) is 0. The molecule has 1 aliphatic rings. The molecule has 4 rings (SSSR count). The maximum Gasteiger partial charge on any atom is 0.255 e. The Hall–Kier alpha value is -2.38. The van der Waals surface area contributed by atoms with Gasteiger partial charge in [0.15, 0.2) is 5.65 Å². The Morgan fingerprint density at radius 3 is 3.22 bits per heavy atom. The van der Waals surface area contributed by atoms with Crippen molar-refractivity contribution in [3.05, 3.63) is 47.3 Å². The normalized spacial score (nSPS) is 16.5. The van der Waals surface area contributed by atoms with Gasteiger partial charge in [0.1, 0.15) is 0 Å². The lowest BCUT2D eigenvalue weighted by molar-refractivity contribution is 0.102. The van der Waals surface area contributed by atoms with E-state index in [1.807, 2.05) is 19.1 Å². The summed E-state index contributed by atoms with van der Waals surface area (Å²) in [5, 5.41) is 10.5. The van der Waals surface area contributed by atoms with Gasteiger partial charge in [-0.25, -0.2) is 4.98 Å². The van der Waals surface area contributed by atoms with Gasteiger partial charge in [0, 0.05) is 28.5 Å². The molecule has 0 bridgehead atoms. The number of carbonyl (C=O) groups is 1. The molecule has 1 aliphatic heterocycles. The zero-order chi connectivity index (χ0) is 16.0. The van der Waals surface area contributed by atoms with Crippen LogP contribution >= 0.6 is 11.8 Å². The molecule has 0 fully saturated rings. The predicted molar refractivity (Wildman–Crippen MR) is 90.7 cm³/mol. The maximum absolute atomic E-state index is 12.7. The minimum absolute atomic E-state index is 0.0524. The van der Waals surface area contributed by atoms with Crippen LogP contribution in [-0.2, 0) is 0 Å². The zero-order valence-electron chi connectivity index (χ0n) is 12.5. The second-order valence-electron chi connectivity index (χ2n) is 5.57. The first-order chi connectivity index (χ1) is 11.1. The SMILES string of the molecule is Cc1cc2c(cc1C(=O)Nc1ccnc3[nH]ncc13)SC[C@@H]2N. The van der Waals surface area contributed by atoms with Crippen LogP contribution in [0.15, 0.2) is 35.5 Å². The number of nitrogens with zero attached hydrogens (tertiary/aromatic N) is 2. The van der Waals surface area contributed by atoms with Crippen LogP contribution in [-0.4, -0.2) is 26.8 Å². The van der Waals surface area contributed by atoms with Gasteiger partial charge in [-0.05, 0) is 30.2 Å². The Balaban J connectivity index is 1.69. The molecule has 4 N–H and O–H groups in total. The minimum atomic E-state index is -0.139. The Bertz CT molecular complexity index is 920. The number of benzene rings is 1. The number of thioether (sulfide) groups is 1. The van der Waals surface area contributed by atoms with Crippen molar-refractivity contribution in [2.24, 2.45) is 5.73 Å². The number of hydrogen-bond donors (Lipinski definition) is 3. The molecule has 3 heterocycles. The average Bonchev–Trinajstić information content (AvgIpc) is 3.14. The first-order valence-electron chi connectivity index (χ1n) is 7.26. The molecule has 6 nitrogen and oxygen atoms in total. The van der Waals surface area contributed by atoms with Crippen molar-refractivity contribution in [2.45, 2.75) is 17.9 Å². The van der Waals surface area contributed by atoms with E-state index < -0.39 is 0 Å². The molecule has 1 aromatic carbocycles. The van der Waals surface area contributed by atoms with Crippen molar-refractivity contribution in [3.8, 4) is 0 Å². The van der Waals surface area contributed by atoms with Crippen LogP contribution in [0.3, 0.4) is 0 Å². The molecule has 3 aromatic rings. The van der Waals surface area contributed by atoms with Crippen LogP contribution in [0.25, 0.3) is 11.0 Å². The highest BCUT2D eigenvalue weighted by atomic mass is 32.2. The number of nitrogens with one attached hydrogen (secondary N) is 2. The average molecular weight is 325 g/mol. The van der Waals surface area contributed by atoms with E-state index in [-0.39, 0.29) is 11.9 Å². The number of fused-ring (bicyclic) bond motifs is 2. The molecule has 0 spiro atoms. The summed E-state index contributed by atoms with van der Waals surface area (Å²) in [6.45, 7) is 1.94. The van der Waals surface area contributed by atoms with E-state index >= 15 is 0 Å². The number of aromatic amines is 1. The first-order valence-corrected chi connectivity index (χ1v) is 8.24. The lowest BCUT2D eigenvalue weighted by Gasteiger charge is -2.11. The summed E-state index contributed by atoms with van der Waals surface area (Å²) in [4.78, 5) is 17.9. The van der Waals surface area contributed by atoms with Gasteiger partial charge >= 0.3 is 0 Å². The van der Waals surface area contributed by atoms with E-state index in [4.69, 9.17) is 5.73 Å². The van der Waals surface area contributed by atoms with E-state index in [2.05, 4.69) is 20.5 Å². The van der Waals surface area contributed by atoms with Crippen LogP contribution in [0.5, 0.6) is 0 Å². The molecule has 0 radical (unpaired) electrons. The molecule has 0 unspecified atom stereocenters. The summed E-state index contributed by atoms with van der Waals surface area (Å²) in [5.41, 5.74) is 10.1. The summed E-state index contributed by atoms with van der Waals surface area (Å²) < 4.78 is 0. The smallest absolute Gasteiger partial charge is 0.255 e. The molecule has 116 valence electrons. The van der Waals surface area contributed by atoms with Crippen molar-refractivity contribution >= 4 is 34.4 Å². The van der Waals surface area contributed by atoms with Gasteiger partial charge < -0.3 is 11.1 Å². The number of aromatic nitrogens is 3. The molecule has 7 heteroatoms. The third-order valence-corrected chi connectivity index (χ3v) is 5.21. The Kier molecular flexibility index (Phi) is 3.32. The molecular weight excluding hydrogens is 310 g/mol. The minimum Gasteiger partial charge on any atom is -0.323 e. The molecular formula is C16H15N5OS. The van der Waals surface area contributed by atoms with Crippen LogP contribution in [0.2, 0.25) is 0 Å². The largest absolute Gasteiger partial charge is 0.323 e. The number of carbonyl (C=O) groups excluding carboxylic acids is 1. The molecule has 0 saturated carbocycles. The van der Waals surface area contributed by atoms with Gasteiger partial charge in [-0.15, -0.1) is 11.8 Å². The van der Waals surface area contributed by atoms with E-state index in [9.17, 15) is 4.79 Å². The summed E-state index contributed by atoms with van der Waals surface area (Å²) in [6, 6.07) is 5.78. The Morgan fingerprint density at radius 2 is 2.35 bits per heavy atom. The van der Waals surface area contributed by atoms with E-state index in [1.165, 1.54) is 0 Å². The lowest BCUT2D eigenvalue weighted by atomic mass is 10.0. The first kappa shape index (κ1) is 14.2. The summed E-state index contributed by atoms with van der Waals surface area (Å²) >= 11 is 1.70. The standard InChI is InChI=1S/C16H15N5OS/c1-8-4-10-12(17)7-23-14(10)5-9(8)16(22)20-13-2-3-18-15-11(13)6-19-21-15/h2-6,12H,7,17H2,1H3,(H2,18,19,20,21,22)/t12-/m0/s1.